The van der Waals surface area contributed by atoms with E-state index in [1.54, 1.807) is 11.3 Å². The quantitative estimate of drug-likeness (QED) is 0.663. The Hall–Kier alpha value is -0.320. The number of rotatable bonds is 2. The lowest BCUT2D eigenvalue weighted by Gasteiger charge is -2.14. The standard InChI is InChI=1S/C13H10Br2OS/c14-12-6-5-11(17-12)13(15)9-7-16-10-4-2-1-3-8(9)10/h1-6,9,13H,7H2. The molecule has 1 aromatic heterocycles. The molecule has 1 aliphatic heterocycles. The third-order valence-electron chi connectivity index (χ3n) is 2.96. The minimum absolute atomic E-state index is 0.322. The van der Waals surface area contributed by atoms with Crippen LogP contribution in [0.5, 0.6) is 5.75 Å². The van der Waals surface area contributed by atoms with Gasteiger partial charge in [0.25, 0.3) is 0 Å². The third kappa shape index (κ3) is 2.18. The Morgan fingerprint density at radius 3 is 2.82 bits per heavy atom. The van der Waals surface area contributed by atoms with Gasteiger partial charge in [0.05, 0.1) is 15.2 Å². The van der Waals surface area contributed by atoms with Crippen LogP contribution in [0.15, 0.2) is 40.2 Å². The molecular weight excluding hydrogens is 364 g/mol. The van der Waals surface area contributed by atoms with E-state index in [2.05, 4.69) is 56.1 Å². The Bertz CT molecular complexity index is 538. The van der Waals surface area contributed by atoms with Gasteiger partial charge in [-0.2, -0.15) is 0 Å². The maximum atomic E-state index is 5.72. The smallest absolute Gasteiger partial charge is 0.122 e. The molecule has 0 bridgehead atoms. The predicted octanol–water partition coefficient (Wildman–Crippen LogP) is 5.12. The lowest BCUT2D eigenvalue weighted by atomic mass is 9.97. The maximum Gasteiger partial charge on any atom is 0.122 e. The second-order valence-corrected chi connectivity index (χ2v) is 7.48. The number of thiophene rings is 1. The summed E-state index contributed by atoms with van der Waals surface area (Å²) < 4.78 is 6.89. The largest absolute Gasteiger partial charge is 0.493 e. The Balaban J connectivity index is 1.92. The fraction of sp³-hybridized carbons (Fsp3) is 0.231. The molecule has 1 nitrogen and oxygen atoms in total. The third-order valence-corrected chi connectivity index (χ3v) is 6.10. The highest BCUT2D eigenvalue weighted by atomic mass is 79.9. The SMILES string of the molecule is Brc1ccc(C(Br)C2COc3ccccc32)s1. The first-order valence-corrected chi connectivity index (χ1v) is 7.89. The molecule has 2 aromatic rings. The number of alkyl halides is 1. The number of hydrogen-bond donors (Lipinski definition) is 0. The molecule has 88 valence electrons. The van der Waals surface area contributed by atoms with Gasteiger partial charge in [0.2, 0.25) is 0 Å². The molecule has 17 heavy (non-hydrogen) atoms. The second-order valence-electron chi connectivity index (χ2n) is 4.00. The fourth-order valence-electron chi connectivity index (χ4n) is 2.10. The van der Waals surface area contributed by atoms with E-state index >= 15 is 0 Å². The van der Waals surface area contributed by atoms with Crippen molar-refractivity contribution in [3.8, 4) is 5.75 Å². The first kappa shape index (κ1) is 11.8. The maximum absolute atomic E-state index is 5.72. The molecule has 2 heterocycles. The second kappa shape index (κ2) is 4.75. The summed E-state index contributed by atoms with van der Waals surface area (Å²) in [5, 5.41) is 0. The number of benzene rings is 1. The van der Waals surface area contributed by atoms with Gasteiger partial charge in [-0.3, -0.25) is 0 Å². The first-order valence-electron chi connectivity index (χ1n) is 5.37. The van der Waals surface area contributed by atoms with E-state index in [0.29, 0.717) is 10.7 Å². The van der Waals surface area contributed by atoms with Gasteiger partial charge in [-0.05, 0) is 34.1 Å². The number of para-hydroxylation sites is 1. The number of hydrogen-bond acceptors (Lipinski definition) is 2. The molecule has 0 fully saturated rings. The zero-order valence-electron chi connectivity index (χ0n) is 8.90. The Morgan fingerprint density at radius 2 is 2.06 bits per heavy atom. The molecule has 0 saturated heterocycles. The predicted molar refractivity (Wildman–Crippen MR) is 78.4 cm³/mol. The highest BCUT2D eigenvalue weighted by molar-refractivity contribution is 9.11. The van der Waals surface area contributed by atoms with Gasteiger partial charge < -0.3 is 4.74 Å². The van der Waals surface area contributed by atoms with Crippen molar-refractivity contribution in [1.29, 1.82) is 0 Å². The van der Waals surface area contributed by atoms with Crippen LogP contribution in [0.25, 0.3) is 0 Å². The van der Waals surface area contributed by atoms with Crippen molar-refractivity contribution in [3.05, 3.63) is 50.6 Å². The summed E-state index contributed by atoms with van der Waals surface area (Å²) in [6.07, 6.45) is 0. The summed E-state index contributed by atoms with van der Waals surface area (Å²) in [7, 11) is 0. The Kier molecular flexibility index (Phi) is 3.28. The van der Waals surface area contributed by atoms with Crippen molar-refractivity contribution >= 4 is 43.2 Å². The van der Waals surface area contributed by atoms with E-state index in [1.165, 1.54) is 14.2 Å². The molecule has 0 saturated carbocycles. The van der Waals surface area contributed by atoms with E-state index in [9.17, 15) is 0 Å². The minimum atomic E-state index is 0.322. The molecule has 0 aliphatic carbocycles. The van der Waals surface area contributed by atoms with E-state index in [-0.39, 0.29) is 0 Å². The van der Waals surface area contributed by atoms with E-state index in [1.807, 2.05) is 12.1 Å². The van der Waals surface area contributed by atoms with Gasteiger partial charge in [-0.15, -0.1) is 11.3 Å². The highest BCUT2D eigenvalue weighted by Gasteiger charge is 2.31. The summed E-state index contributed by atoms with van der Waals surface area (Å²) in [5.74, 6) is 1.43. The molecule has 4 heteroatoms. The number of halogens is 2. The molecule has 0 amide bonds. The summed E-state index contributed by atoms with van der Waals surface area (Å²) >= 11 is 9.08. The number of ether oxygens (including phenoxy) is 1. The summed E-state index contributed by atoms with van der Waals surface area (Å²) in [6, 6.07) is 12.5. The Morgan fingerprint density at radius 1 is 1.24 bits per heavy atom. The fourth-order valence-corrected chi connectivity index (χ4v) is 4.44. The van der Waals surface area contributed by atoms with Crippen molar-refractivity contribution in [3.63, 3.8) is 0 Å². The minimum Gasteiger partial charge on any atom is -0.493 e. The normalized spacial score (nSPS) is 19.8. The molecular formula is C13H10Br2OS. The van der Waals surface area contributed by atoms with Crippen LogP contribution in [0.3, 0.4) is 0 Å². The zero-order chi connectivity index (χ0) is 11.8. The molecule has 1 aliphatic rings. The van der Waals surface area contributed by atoms with Crippen LogP contribution in [0.2, 0.25) is 0 Å². The van der Waals surface area contributed by atoms with Gasteiger partial charge in [-0.1, -0.05) is 34.1 Å². The first-order chi connectivity index (χ1) is 8.25. The average molecular weight is 374 g/mol. The summed E-state index contributed by atoms with van der Waals surface area (Å²) in [5.41, 5.74) is 1.30. The van der Waals surface area contributed by atoms with Gasteiger partial charge >= 0.3 is 0 Å². The van der Waals surface area contributed by atoms with Crippen LogP contribution in [-0.4, -0.2) is 6.61 Å². The van der Waals surface area contributed by atoms with Crippen molar-refractivity contribution in [1.82, 2.24) is 0 Å². The van der Waals surface area contributed by atoms with Crippen LogP contribution in [0, 0.1) is 0 Å². The summed E-state index contributed by atoms with van der Waals surface area (Å²) in [4.78, 5) is 1.66. The summed E-state index contributed by atoms with van der Waals surface area (Å²) in [6.45, 7) is 0.755. The van der Waals surface area contributed by atoms with E-state index in [0.717, 1.165) is 12.4 Å². The van der Waals surface area contributed by atoms with E-state index in [4.69, 9.17) is 4.74 Å². The number of fused-ring (bicyclic) bond motifs is 1. The molecule has 3 rings (SSSR count). The van der Waals surface area contributed by atoms with Gasteiger partial charge in [0.1, 0.15) is 5.75 Å². The van der Waals surface area contributed by atoms with Gasteiger partial charge in [0, 0.05) is 16.4 Å². The van der Waals surface area contributed by atoms with Crippen LogP contribution < -0.4 is 4.74 Å². The molecule has 0 N–H and O–H groups in total. The topological polar surface area (TPSA) is 9.23 Å². The monoisotopic (exact) mass is 372 g/mol. The average Bonchev–Trinajstić information content (AvgIpc) is 2.94. The van der Waals surface area contributed by atoms with Crippen molar-refractivity contribution < 1.29 is 4.74 Å². The molecule has 1 aromatic carbocycles. The van der Waals surface area contributed by atoms with Crippen LogP contribution in [0.1, 0.15) is 21.2 Å². The molecule has 0 radical (unpaired) electrons. The van der Waals surface area contributed by atoms with Gasteiger partial charge in [-0.25, -0.2) is 0 Å². The lowest BCUT2D eigenvalue weighted by molar-refractivity contribution is 0.330. The van der Waals surface area contributed by atoms with Crippen molar-refractivity contribution in [2.24, 2.45) is 0 Å². The molecule has 2 atom stereocenters. The van der Waals surface area contributed by atoms with Crippen LogP contribution in [0.4, 0.5) is 0 Å². The van der Waals surface area contributed by atoms with Gasteiger partial charge in [0.15, 0.2) is 0 Å². The van der Waals surface area contributed by atoms with Crippen molar-refractivity contribution in [2.75, 3.05) is 6.61 Å². The zero-order valence-corrected chi connectivity index (χ0v) is 12.9. The Labute approximate surface area is 121 Å². The van der Waals surface area contributed by atoms with Crippen molar-refractivity contribution in [2.45, 2.75) is 10.7 Å². The molecule has 2 unspecified atom stereocenters. The lowest BCUT2D eigenvalue weighted by Crippen LogP contribution is -2.06. The molecule has 0 spiro atoms. The highest BCUT2D eigenvalue weighted by Crippen LogP contribution is 2.47. The van der Waals surface area contributed by atoms with Crippen LogP contribution in [-0.2, 0) is 0 Å². The van der Waals surface area contributed by atoms with Crippen LogP contribution >= 0.6 is 43.2 Å². The van der Waals surface area contributed by atoms with E-state index < -0.39 is 0 Å².